The van der Waals surface area contributed by atoms with E-state index in [9.17, 15) is 4.79 Å². The van der Waals surface area contributed by atoms with Gasteiger partial charge in [-0.15, -0.1) is 0 Å². The minimum absolute atomic E-state index is 0. The van der Waals surface area contributed by atoms with E-state index in [0.29, 0.717) is 0 Å². The number of ether oxygens (including phenoxy) is 1. The second-order valence-electron chi connectivity index (χ2n) is 3.41. The number of carbonyl (C=O) groups is 1. The van der Waals surface area contributed by atoms with Gasteiger partial charge < -0.3 is 10.5 Å². The van der Waals surface area contributed by atoms with Gasteiger partial charge in [0, 0.05) is 0 Å². The fourth-order valence-corrected chi connectivity index (χ4v) is 0.701. The summed E-state index contributed by atoms with van der Waals surface area (Å²) in [6.07, 6.45) is 2.19. The molecular formula is C9H19NO2. The summed E-state index contributed by atoms with van der Waals surface area (Å²) >= 11 is 0. The monoisotopic (exact) mass is 173 g/mol. The first-order valence-corrected chi connectivity index (χ1v) is 4.07. The first-order valence-electron chi connectivity index (χ1n) is 4.07. The van der Waals surface area contributed by atoms with Crippen molar-refractivity contribution in [1.82, 2.24) is 0 Å². The molecule has 0 radical (unpaired) electrons. The highest BCUT2D eigenvalue weighted by atomic mass is 16.5. The lowest BCUT2D eigenvalue weighted by molar-refractivity contribution is -0.147. The summed E-state index contributed by atoms with van der Waals surface area (Å²) in [6.45, 7) is 3.83. The van der Waals surface area contributed by atoms with E-state index in [1.54, 1.807) is 0 Å². The normalized spacial score (nSPS) is 18.3. The average Bonchev–Trinajstić information content (AvgIpc) is 2.69. The Balaban J connectivity index is 0.00000121. The first-order chi connectivity index (χ1) is 5.11. The fourth-order valence-electron chi connectivity index (χ4n) is 0.701. The van der Waals surface area contributed by atoms with Crippen LogP contribution in [0.3, 0.4) is 0 Å². The molecule has 0 aromatic heterocycles. The van der Waals surface area contributed by atoms with Crippen molar-refractivity contribution in [2.24, 2.45) is 11.7 Å². The van der Waals surface area contributed by atoms with Gasteiger partial charge in [-0.2, -0.15) is 0 Å². The largest absolute Gasteiger partial charge is 0.461 e. The van der Waals surface area contributed by atoms with Crippen molar-refractivity contribution in [2.75, 3.05) is 0 Å². The smallest absolute Gasteiger partial charge is 0.323 e. The lowest BCUT2D eigenvalue weighted by atomic mass is 10.1. The highest BCUT2D eigenvalue weighted by Gasteiger charge is 2.29. The number of hydrogen-bond donors (Lipinski definition) is 1. The molecule has 1 rings (SSSR count). The Labute approximate surface area is 74.3 Å². The van der Waals surface area contributed by atoms with Crippen molar-refractivity contribution in [3.8, 4) is 0 Å². The van der Waals surface area contributed by atoms with E-state index in [2.05, 4.69) is 0 Å². The molecule has 1 atom stereocenters. The Hall–Kier alpha value is -0.570. The van der Waals surface area contributed by atoms with E-state index in [4.69, 9.17) is 10.5 Å². The molecular weight excluding hydrogens is 154 g/mol. The summed E-state index contributed by atoms with van der Waals surface area (Å²) in [5.74, 6) is -0.0799. The van der Waals surface area contributed by atoms with Crippen molar-refractivity contribution in [2.45, 2.75) is 46.3 Å². The zero-order valence-corrected chi connectivity index (χ0v) is 7.04. The molecule has 0 aliphatic heterocycles. The maximum atomic E-state index is 11.1. The molecule has 1 aliphatic rings. The van der Waals surface area contributed by atoms with Gasteiger partial charge in [0.25, 0.3) is 0 Å². The van der Waals surface area contributed by atoms with Crippen LogP contribution in [0.2, 0.25) is 0 Å². The van der Waals surface area contributed by atoms with Crippen LogP contribution in [0.4, 0.5) is 0 Å². The highest BCUT2D eigenvalue weighted by molar-refractivity contribution is 5.76. The van der Waals surface area contributed by atoms with Crippen LogP contribution in [0.1, 0.15) is 34.1 Å². The molecule has 0 saturated heterocycles. The van der Waals surface area contributed by atoms with Gasteiger partial charge in [0.1, 0.15) is 12.1 Å². The fraction of sp³-hybridized carbons (Fsp3) is 0.889. The first kappa shape index (κ1) is 11.4. The van der Waals surface area contributed by atoms with E-state index in [0.717, 1.165) is 12.8 Å². The maximum absolute atomic E-state index is 11.1. The van der Waals surface area contributed by atoms with E-state index >= 15 is 0 Å². The van der Waals surface area contributed by atoms with Gasteiger partial charge in [-0.25, -0.2) is 0 Å². The molecule has 3 heteroatoms. The standard InChI is InChI=1S/C8H15NO2.CH4/c1-5(2)7(9)8(10)11-6-3-4-6;/h5-7H,3-4,9H2,1-2H3;1H4. The van der Waals surface area contributed by atoms with Gasteiger partial charge in [-0.3, -0.25) is 4.79 Å². The minimum Gasteiger partial charge on any atom is -0.461 e. The average molecular weight is 173 g/mol. The summed E-state index contributed by atoms with van der Waals surface area (Å²) in [7, 11) is 0. The summed E-state index contributed by atoms with van der Waals surface area (Å²) in [6, 6.07) is -0.449. The van der Waals surface area contributed by atoms with Crippen LogP contribution >= 0.6 is 0 Å². The number of rotatable bonds is 3. The van der Waals surface area contributed by atoms with Gasteiger partial charge in [0.2, 0.25) is 0 Å². The molecule has 0 bridgehead atoms. The molecule has 12 heavy (non-hydrogen) atoms. The van der Waals surface area contributed by atoms with Crippen LogP contribution in [0.25, 0.3) is 0 Å². The maximum Gasteiger partial charge on any atom is 0.323 e. The van der Waals surface area contributed by atoms with Crippen molar-refractivity contribution in [3.63, 3.8) is 0 Å². The molecule has 1 unspecified atom stereocenters. The van der Waals surface area contributed by atoms with Crippen molar-refractivity contribution in [3.05, 3.63) is 0 Å². The van der Waals surface area contributed by atoms with E-state index < -0.39 is 6.04 Å². The summed E-state index contributed by atoms with van der Waals surface area (Å²) in [5, 5.41) is 0. The van der Waals surface area contributed by atoms with Crippen LogP contribution in [0, 0.1) is 5.92 Å². The number of hydrogen-bond acceptors (Lipinski definition) is 3. The van der Waals surface area contributed by atoms with Crippen molar-refractivity contribution in [1.29, 1.82) is 0 Å². The molecule has 0 amide bonds. The Morgan fingerprint density at radius 3 is 2.33 bits per heavy atom. The molecule has 1 fully saturated rings. The number of nitrogens with two attached hydrogens (primary N) is 1. The third-order valence-electron chi connectivity index (χ3n) is 1.80. The highest BCUT2D eigenvalue weighted by Crippen LogP contribution is 2.24. The molecule has 0 aromatic carbocycles. The minimum atomic E-state index is -0.449. The molecule has 3 nitrogen and oxygen atoms in total. The van der Waals surface area contributed by atoms with Crippen LogP contribution in [0.5, 0.6) is 0 Å². The van der Waals surface area contributed by atoms with E-state index in [1.807, 2.05) is 13.8 Å². The molecule has 0 aromatic rings. The quantitative estimate of drug-likeness (QED) is 0.655. The third-order valence-corrected chi connectivity index (χ3v) is 1.80. The van der Waals surface area contributed by atoms with E-state index in [-0.39, 0.29) is 25.4 Å². The Kier molecular flexibility index (Phi) is 4.24. The molecule has 72 valence electrons. The Morgan fingerprint density at radius 2 is 2.00 bits per heavy atom. The van der Waals surface area contributed by atoms with E-state index in [1.165, 1.54) is 0 Å². The van der Waals surface area contributed by atoms with Crippen molar-refractivity contribution >= 4 is 5.97 Å². The second kappa shape index (κ2) is 4.45. The number of esters is 1. The summed E-state index contributed by atoms with van der Waals surface area (Å²) < 4.78 is 5.02. The molecule has 0 spiro atoms. The predicted molar refractivity (Wildman–Crippen MR) is 48.7 cm³/mol. The second-order valence-corrected chi connectivity index (χ2v) is 3.41. The molecule has 0 heterocycles. The van der Waals surface area contributed by atoms with Crippen LogP contribution < -0.4 is 5.73 Å². The zero-order chi connectivity index (χ0) is 8.43. The topological polar surface area (TPSA) is 52.3 Å². The number of carbonyl (C=O) groups excluding carboxylic acids is 1. The zero-order valence-electron chi connectivity index (χ0n) is 7.04. The SMILES string of the molecule is C.CC(C)C(N)C(=O)OC1CC1. The molecule has 1 saturated carbocycles. The van der Waals surface area contributed by atoms with Gasteiger partial charge in [0.05, 0.1) is 0 Å². The van der Waals surface area contributed by atoms with Crippen LogP contribution in [0.15, 0.2) is 0 Å². The summed E-state index contributed by atoms with van der Waals surface area (Å²) in [4.78, 5) is 11.1. The van der Waals surface area contributed by atoms with Gasteiger partial charge in [-0.1, -0.05) is 21.3 Å². The van der Waals surface area contributed by atoms with Crippen molar-refractivity contribution < 1.29 is 9.53 Å². The lowest BCUT2D eigenvalue weighted by Gasteiger charge is -2.13. The van der Waals surface area contributed by atoms with Gasteiger partial charge >= 0.3 is 5.97 Å². The van der Waals surface area contributed by atoms with Crippen LogP contribution in [-0.2, 0) is 9.53 Å². The Bertz CT molecular complexity index is 153. The van der Waals surface area contributed by atoms with Gasteiger partial charge in [-0.05, 0) is 18.8 Å². The summed E-state index contributed by atoms with van der Waals surface area (Å²) in [5.41, 5.74) is 5.56. The molecule has 1 aliphatic carbocycles. The predicted octanol–water partition coefficient (Wildman–Crippen LogP) is 1.31. The lowest BCUT2D eigenvalue weighted by Crippen LogP contribution is -2.37. The van der Waals surface area contributed by atoms with Gasteiger partial charge in [0.15, 0.2) is 0 Å². The van der Waals surface area contributed by atoms with Crippen LogP contribution in [-0.4, -0.2) is 18.1 Å². The molecule has 2 N–H and O–H groups in total. The Morgan fingerprint density at radius 1 is 1.50 bits per heavy atom. The third kappa shape index (κ3) is 3.22.